The molecule has 3 nitrogen and oxygen atoms in total. The van der Waals surface area contributed by atoms with Gasteiger partial charge >= 0.3 is 0 Å². The van der Waals surface area contributed by atoms with Gasteiger partial charge in [-0.15, -0.1) is 0 Å². The second kappa shape index (κ2) is 5.09. The molecule has 0 N–H and O–H groups in total. The molecule has 3 rings (SSSR count). The Morgan fingerprint density at radius 1 is 1.00 bits per heavy atom. The number of rotatable bonds is 2. The summed E-state index contributed by atoms with van der Waals surface area (Å²) < 4.78 is 0.884. The highest BCUT2D eigenvalue weighted by molar-refractivity contribution is 6.47. The second-order valence-corrected chi connectivity index (χ2v) is 6.37. The molecule has 1 aliphatic heterocycles. The molecule has 0 radical (unpaired) electrons. The first kappa shape index (κ1) is 14.5. The molecule has 112 valence electrons. The Morgan fingerprint density at radius 3 is 2.18 bits per heavy atom. The van der Waals surface area contributed by atoms with Crippen LogP contribution in [-0.4, -0.2) is 21.8 Å². The highest BCUT2D eigenvalue weighted by atomic mass is 16.5. The molecule has 0 saturated carbocycles. The third-order valence-corrected chi connectivity index (χ3v) is 4.39. The Morgan fingerprint density at radius 2 is 1.59 bits per heavy atom. The van der Waals surface area contributed by atoms with Gasteiger partial charge in [0.15, 0.2) is 5.54 Å². The molecule has 2 aromatic rings. The number of hydroxylamine groups is 1. The van der Waals surface area contributed by atoms with E-state index in [1.165, 1.54) is 0 Å². The van der Waals surface area contributed by atoms with Crippen LogP contribution in [0.1, 0.15) is 36.5 Å². The van der Waals surface area contributed by atoms with Crippen LogP contribution in [0.15, 0.2) is 54.6 Å². The summed E-state index contributed by atoms with van der Waals surface area (Å²) in [5.41, 5.74) is 2.18. The highest BCUT2D eigenvalue weighted by Gasteiger charge is 2.54. The van der Waals surface area contributed by atoms with E-state index in [2.05, 4.69) is 0 Å². The first-order valence-corrected chi connectivity index (χ1v) is 7.43. The summed E-state index contributed by atoms with van der Waals surface area (Å²) in [5.74, 6) is -0.546. The summed E-state index contributed by atoms with van der Waals surface area (Å²) in [6.45, 7) is 5.67. The quantitative estimate of drug-likeness (QED) is 0.629. The van der Waals surface area contributed by atoms with Crippen molar-refractivity contribution >= 4 is 11.5 Å². The van der Waals surface area contributed by atoms with Crippen LogP contribution in [0.25, 0.3) is 0 Å². The molecule has 2 aromatic carbocycles. The van der Waals surface area contributed by atoms with Gasteiger partial charge in [-0.05, 0) is 24.6 Å². The number of carbonyl (C=O) groups is 1. The standard InChI is InChI=1S/C19H19NO2/c1-13-9-11-14(12-10-13)16-18(21)17(20(22)19(16,2)3)15-7-5-4-6-8-15/h4-12,16H,1-3H3. The van der Waals surface area contributed by atoms with Gasteiger partial charge < -0.3 is 5.21 Å². The number of hydrogen-bond donors (Lipinski definition) is 0. The van der Waals surface area contributed by atoms with Gasteiger partial charge in [0, 0.05) is 13.8 Å². The Kier molecular flexibility index (Phi) is 3.36. The smallest absolute Gasteiger partial charge is 0.263 e. The number of benzene rings is 2. The van der Waals surface area contributed by atoms with Crippen molar-refractivity contribution < 1.29 is 9.53 Å². The minimum Gasteiger partial charge on any atom is -0.623 e. The van der Waals surface area contributed by atoms with E-state index >= 15 is 0 Å². The zero-order chi connectivity index (χ0) is 15.9. The molecule has 0 fully saturated rings. The number of hydrogen-bond acceptors (Lipinski definition) is 2. The van der Waals surface area contributed by atoms with E-state index in [1.807, 2.05) is 75.4 Å². The molecule has 0 bridgehead atoms. The van der Waals surface area contributed by atoms with Crippen molar-refractivity contribution in [3.8, 4) is 0 Å². The molecule has 3 heteroatoms. The van der Waals surface area contributed by atoms with Crippen LogP contribution in [0.2, 0.25) is 0 Å². The summed E-state index contributed by atoms with van der Waals surface area (Å²) in [6, 6.07) is 17.0. The van der Waals surface area contributed by atoms with Gasteiger partial charge in [-0.3, -0.25) is 4.79 Å². The van der Waals surface area contributed by atoms with E-state index < -0.39 is 11.5 Å². The summed E-state index contributed by atoms with van der Waals surface area (Å²) >= 11 is 0. The van der Waals surface area contributed by atoms with E-state index in [9.17, 15) is 10.0 Å². The number of Topliss-reactive ketones (excluding diaryl/α,β-unsaturated/α-hetero) is 1. The molecule has 1 aliphatic rings. The maximum atomic E-state index is 12.9. The van der Waals surface area contributed by atoms with Crippen LogP contribution in [0.5, 0.6) is 0 Å². The largest absolute Gasteiger partial charge is 0.623 e. The number of carbonyl (C=O) groups excluding carboxylic acids is 1. The number of nitrogens with zero attached hydrogens (tertiary/aromatic N) is 1. The normalized spacial score (nSPS) is 20.5. The average Bonchev–Trinajstić information content (AvgIpc) is 2.67. The van der Waals surface area contributed by atoms with Crippen molar-refractivity contribution in [2.45, 2.75) is 32.2 Å². The predicted molar refractivity (Wildman–Crippen MR) is 87.2 cm³/mol. The second-order valence-electron chi connectivity index (χ2n) is 6.37. The topological polar surface area (TPSA) is 43.1 Å². The molecular formula is C19H19NO2. The highest BCUT2D eigenvalue weighted by Crippen LogP contribution is 2.38. The third kappa shape index (κ3) is 2.13. The third-order valence-electron chi connectivity index (χ3n) is 4.39. The van der Waals surface area contributed by atoms with Gasteiger partial charge in [0.05, 0.1) is 5.56 Å². The van der Waals surface area contributed by atoms with Crippen LogP contribution >= 0.6 is 0 Å². The zero-order valence-electron chi connectivity index (χ0n) is 13.0. The Bertz CT molecular complexity index is 743. The van der Waals surface area contributed by atoms with Crippen molar-refractivity contribution in [3.05, 3.63) is 76.5 Å². The van der Waals surface area contributed by atoms with Gasteiger partial charge in [0.25, 0.3) is 5.71 Å². The molecule has 1 unspecified atom stereocenters. The Labute approximate surface area is 130 Å². The lowest BCUT2D eigenvalue weighted by Gasteiger charge is -2.24. The minimum atomic E-state index is -0.794. The molecule has 0 saturated heterocycles. The van der Waals surface area contributed by atoms with Crippen LogP contribution in [-0.2, 0) is 4.79 Å². The predicted octanol–water partition coefficient (Wildman–Crippen LogP) is 3.44. The van der Waals surface area contributed by atoms with Gasteiger partial charge in [-0.1, -0.05) is 48.0 Å². The maximum absolute atomic E-state index is 12.9. The van der Waals surface area contributed by atoms with E-state index in [0.717, 1.165) is 15.9 Å². The van der Waals surface area contributed by atoms with Crippen LogP contribution in [0, 0.1) is 12.1 Å². The molecule has 0 aliphatic carbocycles. The van der Waals surface area contributed by atoms with E-state index in [4.69, 9.17) is 0 Å². The van der Waals surface area contributed by atoms with Gasteiger partial charge in [0.2, 0.25) is 5.78 Å². The average molecular weight is 293 g/mol. The maximum Gasteiger partial charge on any atom is 0.263 e. The SMILES string of the molecule is Cc1ccc(C2C(=O)C(c3ccccc3)=[N+]([O-])C2(C)C)cc1. The summed E-state index contributed by atoms with van der Waals surface area (Å²) in [4.78, 5) is 12.9. The molecule has 0 aromatic heterocycles. The van der Waals surface area contributed by atoms with Crippen LogP contribution in [0.3, 0.4) is 0 Å². The van der Waals surface area contributed by atoms with Crippen molar-refractivity contribution in [2.24, 2.45) is 0 Å². The first-order chi connectivity index (χ1) is 10.4. The van der Waals surface area contributed by atoms with Gasteiger partial charge in [-0.2, -0.15) is 4.74 Å². The first-order valence-electron chi connectivity index (χ1n) is 7.43. The fraction of sp³-hybridized carbons (Fsp3) is 0.263. The Hall–Kier alpha value is -2.42. The van der Waals surface area contributed by atoms with E-state index in [1.54, 1.807) is 0 Å². The van der Waals surface area contributed by atoms with Crippen molar-refractivity contribution in [1.82, 2.24) is 0 Å². The molecule has 0 spiro atoms. The summed E-state index contributed by atoms with van der Waals surface area (Å²) in [7, 11) is 0. The lowest BCUT2D eigenvalue weighted by molar-refractivity contribution is -0.533. The van der Waals surface area contributed by atoms with Crippen molar-refractivity contribution in [1.29, 1.82) is 0 Å². The summed E-state index contributed by atoms with van der Waals surface area (Å²) in [5, 5.41) is 12.7. The van der Waals surface area contributed by atoms with Gasteiger partial charge in [-0.25, -0.2) is 0 Å². The van der Waals surface area contributed by atoms with Crippen LogP contribution in [0.4, 0.5) is 0 Å². The lowest BCUT2D eigenvalue weighted by atomic mass is 9.80. The molecule has 1 heterocycles. The minimum absolute atomic E-state index is 0.102. The Balaban J connectivity index is 2.10. The van der Waals surface area contributed by atoms with Crippen molar-refractivity contribution in [2.75, 3.05) is 0 Å². The monoisotopic (exact) mass is 293 g/mol. The zero-order valence-corrected chi connectivity index (χ0v) is 13.0. The number of ketones is 1. The molecule has 1 atom stereocenters. The fourth-order valence-corrected chi connectivity index (χ4v) is 3.14. The van der Waals surface area contributed by atoms with E-state index in [-0.39, 0.29) is 11.5 Å². The fourth-order valence-electron chi connectivity index (χ4n) is 3.14. The molecular weight excluding hydrogens is 274 g/mol. The summed E-state index contributed by atoms with van der Waals surface area (Å²) in [6.07, 6.45) is 0. The number of aryl methyl sites for hydroxylation is 1. The lowest BCUT2D eigenvalue weighted by Crippen LogP contribution is -2.35. The van der Waals surface area contributed by atoms with Gasteiger partial charge in [0.1, 0.15) is 5.92 Å². The van der Waals surface area contributed by atoms with Crippen LogP contribution < -0.4 is 0 Å². The molecule has 22 heavy (non-hydrogen) atoms. The molecule has 0 amide bonds. The van der Waals surface area contributed by atoms with Crippen molar-refractivity contribution in [3.63, 3.8) is 0 Å². The van der Waals surface area contributed by atoms with E-state index in [0.29, 0.717) is 5.56 Å².